The lowest BCUT2D eigenvalue weighted by molar-refractivity contribution is -0.137. The van der Waals surface area contributed by atoms with Crippen molar-refractivity contribution in [3.8, 4) is 0 Å². The predicted molar refractivity (Wildman–Crippen MR) is 98.0 cm³/mol. The van der Waals surface area contributed by atoms with Crippen LogP contribution in [0.3, 0.4) is 0 Å². The Labute approximate surface area is 156 Å². The van der Waals surface area contributed by atoms with E-state index in [-0.39, 0.29) is 24.2 Å². The van der Waals surface area contributed by atoms with Crippen molar-refractivity contribution in [2.45, 2.75) is 33.0 Å². The molecule has 0 aliphatic rings. The largest absolute Gasteiger partial charge is 0.416 e. The summed E-state index contributed by atoms with van der Waals surface area (Å²) in [4.78, 5) is 30.6. The number of halogens is 3. The topological polar surface area (TPSA) is 64.0 Å². The van der Waals surface area contributed by atoms with Gasteiger partial charge in [-0.3, -0.25) is 14.2 Å². The molecule has 27 heavy (non-hydrogen) atoms. The van der Waals surface area contributed by atoms with E-state index >= 15 is 0 Å². The van der Waals surface area contributed by atoms with Crippen LogP contribution in [0.1, 0.15) is 22.4 Å². The number of aryl methyl sites for hydroxylation is 3. The number of rotatable bonds is 4. The number of hydrogen-bond acceptors (Lipinski definition) is 4. The highest BCUT2D eigenvalue weighted by Gasteiger charge is 2.29. The first-order valence-electron chi connectivity index (χ1n) is 8.09. The van der Waals surface area contributed by atoms with Crippen LogP contribution in [0.4, 0.5) is 18.9 Å². The second-order valence-electron chi connectivity index (χ2n) is 6.08. The number of nitrogens with zero attached hydrogens (tertiary/aromatic N) is 2. The van der Waals surface area contributed by atoms with E-state index < -0.39 is 17.6 Å². The molecule has 3 aromatic rings. The van der Waals surface area contributed by atoms with Gasteiger partial charge >= 0.3 is 6.18 Å². The summed E-state index contributed by atoms with van der Waals surface area (Å²) in [6, 6.07) is 4.19. The molecule has 1 amide bonds. The number of thiophene rings is 1. The number of fused-ring (bicyclic) bond motifs is 1. The lowest BCUT2D eigenvalue weighted by Crippen LogP contribution is -2.23. The van der Waals surface area contributed by atoms with Gasteiger partial charge in [-0.2, -0.15) is 13.2 Å². The van der Waals surface area contributed by atoms with Crippen molar-refractivity contribution >= 4 is 33.1 Å². The molecule has 142 valence electrons. The van der Waals surface area contributed by atoms with E-state index in [1.807, 2.05) is 13.8 Å². The first-order valence-corrected chi connectivity index (χ1v) is 8.90. The number of anilines is 1. The molecule has 9 heteroatoms. The van der Waals surface area contributed by atoms with Crippen LogP contribution in [0, 0.1) is 13.8 Å². The summed E-state index contributed by atoms with van der Waals surface area (Å²) in [5, 5.41) is 3.08. The summed E-state index contributed by atoms with van der Waals surface area (Å²) in [7, 11) is 0. The van der Waals surface area contributed by atoms with Crippen molar-refractivity contribution in [2.75, 3.05) is 5.32 Å². The number of nitrogens with one attached hydrogen (secondary N) is 1. The van der Waals surface area contributed by atoms with E-state index in [9.17, 15) is 22.8 Å². The van der Waals surface area contributed by atoms with Crippen molar-refractivity contribution in [2.24, 2.45) is 0 Å². The standard InChI is InChI=1S/C18H16F3N3O2S/c1-10-11(2)27-16-15(10)17(26)24(9-22-16)8-7-14(25)23-13-5-3-12(4-6-13)18(19,20)21/h3-6,9H,7-8H2,1-2H3,(H,23,25). The molecule has 1 N–H and O–H groups in total. The smallest absolute Gasteiger partial charge is 0.326 e. The second-order valence-corrected chi connectivity index (χ2v) is 7.28. The van der Waals surface area contributed by atoms with E-state index in [0.29, 0.717) is 10.2 Å². The van der Waals surface area contributed by atoms with Crippen LogP contribution in [0.25, 0.3) is 10.2 Å². The molecule has 0 saturated heterocycles. The number of carbonyl (C=O) groups is 1. The van der Waals surface area contributed by atoms with Gasteiger partial charge in [0, 0.05) is 23.5 Å². The summed E-state index contributed by atoms with van der Waals surface area (Å²) in [6.07, 6.45) is -3.02. The molecule has 0 radical (unpaired) electrons. The molecule has 3 rings (SSSR count). The Bertz CT molecular complexity index is 1050. The van der Waals surface area contributed by atoms with E-state index in [2.05, 4.69) is 10.3 Å². The molecule has 1 aromatic carbocycles. The minimum atomic E-state index is -4.42. The van der Waals surface area contributed by atoms with Crippen LogP contribution < -0.4 is 10.9 Å². The molecule has 0 bridgehead atoms. The molecule has 2 heterocycles. The van der Waals surface area contributed by atoms with Gasteiger partial charge in [-0.05, 0) is 43.7 Å². The van der Waals surface area contributed by atoms with Gasteiger partial charge in [-0.25, -0.2) is 4.98 Å². The number of aromatic nitrogens is 2. The minimum absolute atomic E-state index is 0.00369. The first kappa shape index (κ1) is 19.1. The number of amides is 1. The van der Waals surface area contributed by atoms with Crippen molar-refractivity contribution < 1.29 is 18.0 Å². The van der Waals surface area contributed by atoms with Crippen LogP contribution in [0.5, 0.6) is 0 Å². The summed E-state index contributed by atoms with van der Waals surface area (Å²) >= 11 is 1.45. The summed E-state index contributed by atoms with van der Waals surface area (Å²) in [6.45, 7) is 3.91. The molecule has 0 fully saturated rings. The molecule has 2 aromatic heterocycles. The Morgan fingerprint density at radius 1 is 1.22 bits per heavy atom. The highest BCUT2D eigenvalue weighted by Crippen LogP contribution is 2.30. The predicted octanol–water partition coefficient (Wildman–Crippen LogP) is 4.12. The summed E-state index contributed by atoms with van der Waals surface area (Å²) in [5.74, 6) is -0.403. The van der Waals surface area contributed by atoms with Crippen molar-refractivity contribution in [3.63, 3.8) is 0 Å². The highest BCUT2D eigenvalue weighted by atomic mass is 32.1. The SMILES string of the molecule is Cc1sc2ncn(CCC(=O)Nc3ccc(C(F)(F)F)cc3)c(=O)c2c1C. The van der Waals surface area contributed by atoms with Gasteiger partial charge in [-0.1, -0.05) is 0 Å². The fraction of sp³-hybridized carbons (Fsp3) is 0.278. The van der Waals surface area contributed by atoms with Gasteiger partial charge < -0.3 is 5.32 Å². The molecular weight excluding hydrogens is 379 g/mol. The second kappa shape index (κ2) is 7.15. The molecule has 0 saturated carbocycles. The monoisotopic (exact) mass is 395 g/mol. The lowest BCUT2D eigenvalue weighted by atomic mass is 10.2. The third-order valence-electron chi connectivity index (χ3n) is 4.23. The zero-order chi connectivity index (χ0) is 19.8. The molecule has 0 aliphatic heterocycles. The van der Waals surface area contributed by atoms with Crippen LogP contribution >= 0.6 is 11.3 Å². The van der Waals surface area contributed by atoms with Gasteiger partial charge in [0.2, 0.25) is 5.91 Å². The molecule has 0 atom stereocenters. The van der Waals surface area contributed by atoms with Crippen LogP contribution in [-0.2, 0) is 17.5 Å². The van der Waals surface area contributed by atoms with E-state index in [0.717, 1.165) is 22.6 Å². The molecule has 0 unspecified atom stereocenters. The normalized spacial score (nSPS) is 11.7. The average molecular weight is 395 g/mol. The third-order valence-corrected chi connectivity index (χ3v) is 5.35. The fourth-order valence-electron chi connectivity index (χ4n) is 2.62. The van der Waals surface area contributed by atoms with Crippen LogP contribution in [-0.4, -0.2) is 15.5 Å². The van der Waals surface area contributed by atoms with Crippen LogP contribution in [0.15, 0.2) is 35.4 Å². The Balaban J connectivity index is 1.67. The maximum atomic E-state index is 12.6. The molecule has 0 aliphatic carbocycles. The number of hydrogen-bond donors (Lipinski definition) is 1. The fourth-order valence-corrected chi connectivity index (χ4v) is 3.60. The molecular formula is C18H16F3N3O2S. The van der Waals surface area contributed by atoms with E-state index in [1.165, 1.54) is 34.4 Å². The highest BCUT2D eigenvalue weighted by molar-refractivity contribution is 7.18. The van der Waals surface area contributed by atoms with Gasteiger partial charge in [-0.15, -0.1) is 11.3 Å². The maximum Gasteiger partial charge on any atom is 0.416 e. The zero-order valence-electron chi connectivity index (χ0n) is 14.6. The average Bonchev–Trinajstić information content (AvgIpc) is 2.89. The first-order chi connectivity index (χ1) is 12.7. The van der Waals surface area contributed by atoms with Crippen molar-refractivity contribution in [1.29, 1.82) is 0 Å². The Morgan fingerprint density at radius 3 is 2.52 bits per heavy atom. The van der Waals surface area contributed by atoms with Gasteiger partial charge in [0.15, 0.2) is 0 Å². The molecule has 0 spiro atoms. The van der Waals surface area contributed by atoms with Crippen molar-refractivity contribution in [1.82, 2.24) is 9.55 Å². The quantitative estimate of drug-likeness (QED) is 0.723. The zero-order valence-corrected chi connectivity index (χ0v) is 15.4. The van der Waals surface area contributed by atoms with E-state index in [1.54, 1.807) is 0 Å². The lowest BCUT2D eigenvalue weighted by Gasteiger charge is -2.09. The van der Waals surface area contributed by atoms with Gasteiger partial charge in [0.25, 0.3) is 5.56 Å². The third kappa shape index (κ3) is 4.02. The summed E-state index contributed by atoms with van der Waals surface area (Å²) < 4.78 is 39.0. The van der Waals surface area contributed by atoms with Gasteiger partial charge in [0.05, 0.1) is 17.3 Å². The van der Waals surface area contributed by atoms with Crippen molar-refractivity contribution in [3.05, 3.63) is 57.0 Å². The molecule has 5 nitrogen and oxygen atoms in total. The van der Waals surface area contributed by atoms with Gasteiger partial charge in [0.1, 0.15) is 4.83 Å². The Morgan fingerprint density at radius 2 is 1.89 bits per heavy atom. The maximum absolute atomic E-state index is 12.6. The number of alkyl halides is 3. The summed E-state index contributed by atoms with van der Waals surface area (Å²) in [5.41, 5.74) is 0.159. The number of benzene rings is 1. The minimum Gasteiger partial charge on any atom is -0.326 e. The van der Waals surface area contributed by atoms with Crippen LogP contribution in [0.2, 0.25) is 0 Å². The Kier molecular flexibility index (Phi) is 5.05. The Hall–Kier alpha value is -2.68. The number of carbonyl (C=O) groups excluding carboxylic acids is 1. The van der Waals surface area contributed by atoms with E-state index in [4.69, 9.17) is 0 Å².